The first-order valence-electron chi connectivity index (χ1n) is 10.7. The molecule has 29 heavy (non-hydrogen) atoms. The van der Waals surface area contributed by atoms with Crippen molar-refractivity contribution in [1.82, 2.24) is 14.8 Å². The maximum Gasteiger partial charge on any atom is 0.248 e. The second kappa shape index (κ2) is 8.76. The number of rotatable bonds is 6. The summed E-state index contributed by atoms with van der Waals surface area (Å²) in [6, 6.07) is 14.2. The second-order valence-electron chi connectivity index (χ2n) is 8.17. The van der Waals surface area contributed by atoms with Crippen LogP contribution < -0.4 is 0 Å². The van der Waals surface area contributed by atoms with Gasteiger partial charge in [0.1, 0.15) is 5.54 Å². The van der Waals surface area contributed by atoms with Gasteiger partial charge >= 0.3 is 0 Å². The highest BCUT2D eigenvalue weighted by molar-refractivity contribution is 5.92. The van der Waals surface area contributed by atoms with Gasteiger partial charge in [-0.15, -0.1) is 0 Å². The lowest BCUT2D eigenvalue weighted by atomic mass is 9.85. The minimum atomic E-state index is -0.610. The predicted molar refractivity (Wildman–Crippen MR) is 112 cm³/mol. The smallest absolute Gasteiger partial charge is 0.248 e. The molecule has 1 spiro atoms. The molecule has 5 heteroatoms. The topological polar surface area (TPSA) is 53.5 Å². The van der Waals surface area contributed by atoms with Crippen molar-refractivity contribution in [1.29, 1.82) is 0 Å². The molecule has 0 aliphatic carbocycles. The SMILES string of the molecule is O=C(CCc1cccnc1)N1CCCC12CCCN(CCc1ccccc1)C2=O. The summed E-state index contributed by atoms with van der Waals surface area (Å²) in [7, 11) is 0. The molecule has 2 saturated heterocycles. The standard InChI is InChI=1S/C24H29N3O2/c28-22(11-10-21-9-4-15-25-19-21)27-17-6-14-24(27)13-5-16-26(23(24)29)18-12-20-7-2-1-3-8-20/h1-4,7-9,15,19H,5-6,10-14,16-18H2. The van der Waals surface area contributed by atoms with Crippen LogP contribution in [-0.2, 0) is 22.4 Å². The number of hydrogen-bond donors (Lipinski definition) is 0. The van der Waals surface area contributed by atoms with Crippen molar-refractivity contribution >= 4 is 11.8 Å². The Morgan fingerprint density at radius 2 is 1.72 bits per heavy atom. The van der Waals surface area contributed by atoms with Crippen molar-refractivity contribution in [2.24, 2.45) is 0 Å². The van der Waals surface area contributed by atoms with E-state index in [4.69, 9.17) is 0 Å². The predicted octanol–water partition coefficient (Wildman–Crippen LogP) is 3.24. The van der Waals surface area contributed by atoms with Crippen molar-refractivity contribution in [2.45, 2.75) is 50.5 Å². The number of carbonyl (C=O) groups excluding carboxylic acids is 2. The zero-order chi connectivity index (χ0) is 20.1. The second-order valence-corrected chi connectivity index (χ2v) is 8.17. The number of hydrogen-bond acceptors (Lipinski definition) is 3. The molecule has 152 valence electrons. The lowest BCUT2D eigenvalue weighted by molar-refractivity contribution is -0.155. The summed E-state index contributed by atoms with van der Waals surface area (Å²) < 4.78 is 0. The summed E-state index contributed by atoms with van der Waals surface area (Å²) in [5.41, 5.74) is 1.70. The van der Waals surface area contributed by atoms with E-state index in [1.165, 1.54) is 5.56 Å². The summed E-state index contributed by atoms with van der Waals surface area (Å²) in [4.78, 5) is 34.6. The monoisotopic (exact) mass is 391 g/mol. The molecule has 1 unspecified atom stereocenters. The van der Waals surface area contributed by atoms with Crippen LogP contribution in [0.1, 0.15) is 43.2 Å². The molecule has 1 aromatic carbocycles. The number of aryl methyl sites for hydroxylation is 1. The lowest BCUT2D eigenvalue weighted by Gasteiger charge is -2.44. The number of piperidine rings is 1. The average Bonchev–Trinajstić information content (AvgIpc) is 3.19. The van der Waals surface area contributed by atoms with E-state index in [-0.39, 0.29) is 11.8 Å². The Morgan fingerprint density at radius 1 is 0.966 bits per heavy atom. The van der Waals surface area contributed by atoms with Crippen molar-refractivity contribution in [3.05, 3.63) is 66.0 Å². The molecule has 2 amide bonds. The molecule has 0 radical (unpaired) electrons. The number of benzene rings is 1. The number of carbonyl (C=O) groups is 2. The normalized spacial score (nSPS) is 21.7. The molecule has 1 aromatic heterocycles. The molecule has 2 aliphatic rings. The Balaban J connectivity index is 1.42. The van der Waals surface area contributed by atoms with Crippen molar-refractivity contribution in [2.75, 3.05) is 19.6 Å². The van der Waals surface area contributed by atoms with Gasteiger partial charge in [-0.25, -0.2) is 0 Å². The molecule has 2 aliphatic heterocycles. The zero-order valence-corrected chi connectivity index (χ0v) is 16.9. The quantitative estimate of drug-likeness (QED) is 0.760. The van der Waals surface area contributed by atoms with Crippen molar-refractivity contribution in [3.63, 3.8) is 0 Å². The van der Waals surface area contributed by atoms with Gasteiger partial charge in [-0.05, 0) is 55.7 Å². The molecule has 3 heterocycles. The molecular weight excluding hydrogens is 362 g/mol. The van der Waals surface area contributed by atoms with E-state index in [1.807, 2.05) is 46.3 Å². The molecular formula is C24H29N3O2. The van der Waals surface area contributed by atoms with Gasteiger partial charge in [-0.1, -0.05) is 36.4 Å². The first kappa shape index (κ1) is 19.6. The molecule has 4 rings (SSSR count). The van der Waals surface area contributed by atoms with Crippen LogP contribution in [0.5, 0.6) is 0 Å². The number of pyridine rings is 1. The van der Waals surface area contributed by atoms with Crippen LogP contribution in [0.4, 0.5) is 0 Å². The summed E-state index contributed by atoms with van der Waals surface area (Å²) >= 11 is 0. The van der Waals surface area contributed by atoms with Crippen LogP contribution in [-0.4, -0.2) is 51.8 Å². The van der Waals surface area contributed by atoms with E-state index in [2.05, 4.69) is 17.1 Å². The fraction of sp³-hybridized carbons (Fsp3) is 0.458. The molecule has 1 atom stereocenters. The average molecular weight is 392 g/mol. The summed E-state index contributed by atoms with van der Waals surface area (Å²) in [5.74, 6) is 0.261. The van der Waals surface area contributed by atoms with Crippen LogP contribution in [0.2, 0.25) is 0 Å². The highest BCUT2D eigenvalue weighted by Crippen LogP contribution is 2.38. The van der Waals surface area contributed by atoms with Gasteiger partial charge < -0.3 is 9.80 Å². The van der Waals surface area contributed by atoms with Gasteiger partial charge in [0.25, 0.3) is 0 Å². The van der Waals surface area contributed by atoms with Crippen LogP contribution in [0.15, 0.2) is 54.9 Å². The number of amides is 2. The third-order valence-electron chi connectivity index (χ3n) is 6.36. The highest BCUT2D eigenvalue weighted by atomic mass is 16.2. The highest BCUT2D eigenvalue weighted by Gasteiger charge is 2.52. The van der Waals surface area contributed by atoms with Crippen LogP contribution in [0.3, 0.4) is 0 Å². The van der Waals surface area contributed by atoms with Crippen LogP contribution in [0, 0.1) is 0 Å². The van der Waals surface area contributed by atoms with Crippen molar-refractivity contribution in [3.8, 4) is 0 Å². The Bertz CT molecular complexity index is 840. The third kappa shape index (κ3) is 4.19. The Hall–Kier alpha value is -2.69. The number of likely N-dealkylation sites (tertiary alicyclic amines) is 2. The fourth-order valence-electron chi connectivity index (χ4n) is 4.84. The van der Waals surface area contributed by atoms with E-state index in [1.54, 1.807) is 6.20 Å². The van der Waals surface area contributed by atoms with Gasteiger partial charge in [-0.2, -0.15) is 0 Å². The molecule has 5 nitrogen and oxygen atoms in total. The number of nitrogens with zero attached hydrogens (tertiary/aromatic N) is 3. The van der Waals surface area contributed by atoms with Crippen LogP contribution in [0.25, 0.3) is 0 Å². The summed E-state index contributed by atoms with van der Waals surface area (Å²) in [6.07, 6.45) is 8.99. The van der Waals surface area contributed by atoms with Gasteiger partial charge in [0.15, 0.2) is 0 Å². The minimum absolute atomic E-state index is 0.101. The maximum atomic E-state index is 13.5. The summed E-state index contributed by atoms with van der Waals surface area (Å²) in [6.45, 7) is 2.22. The van der Waals surface area contributed by atoms with E-state index < -0.39 is 5.54 Å². The van der Waals surface area contributed by atoms with Gasteiger partial charge in [0.2, 0.25) is 11.8 Å². The van der Waals surface area contributed by atoms with Crippen LogP contribution >= 0.6 is 0 Å². The fourth-order valence-corrected chi connectivity index (χ4v) is 4.84. The van der Waals surface area contributed by atoms with Gasteiger partial charge in [-0.3, -0.25) is 14.6 Å². The maximum absolute atomic E-state index is 13.5. The molecule has 0 saturated carbocycles. The lowest BCUT2D eigenvalue weighted by Crippen LogP contribution is -2.61. The largest absolute Gasteiger partial charge is 0.340 e. The molecule has 0 bridgehead atoms. The van der Waals surface area contributed by atoms with Gasteiger partial charge in [0, 0.05) is 38.4 Å². The first-order valence-corrected chi connectivity index (χ1v) is 10.7. The Morgan fingerprint density at radius 3 is 2.48 bits per heavy atom. The number of aromatic nitrogens is 1. The van der Waals surface area contributed by atoms with E-state index in [0.717, 1.165) is 50.8 Å². The van der Waals surface area contributed by atoms with E-state index in [0.29, 0.717) is 19.4 Å². The van der Waals surface area contributed by atoms with E-state index >= 15 is 0 Å². The minimum Gasteiger partial charge on any atom is -0.340 e. The third-order valence-corrected chi connectivity index (χ3v) is 6.36. The Labute approximate surface area is 172 Å². The molecule has 2 aromatic rings. The van der Waals surface area contributed by atoms with Crippen molar-refractivity contribution < 1.29 is 9.59 Å². The molecule has 0 N–H and O–H groups in total. The van der Waals surface area contributed by atoms with Gasteiger partial charge in [0.05, 0.1) is 0 Å². The zero-order valence-electron chi connectivity index (χ0n) is 16.9. The first-order chi connectivity index (χ1) is 14.2. The Kier molecular flexibility index (Phi) is 5.93. The van der Waals surface area contributed by atoms with E-state index in [9.17, 15) is 9.59 Å². The summed E-state index contributed by atoms with van der Waals surface area (Å²) in [5, 5.41) is 0. The molecule has 2 fully saturated rings.